The average molecular weight is 194 g/mol. The van der Waals surface area contributed by atoms with E-state index in [4.69, 9.17) is 5.73 Å². The molecule has 1 aromatic heterocycles. The van der Waals surface area contributed by atoms with Crippen molar-refractivity contribution >= 4 is 5.69 Å². The van der Waals surface area contributed by atoms with Crippen molar-refractivity contribution in [2.45, 2.75) is 6.92 Å². The molecule has 1 heterocycles. The summed E-state index contributed by atoms with van der Waals surface area (Å²) in [5.41, 5.74) is 5.73. The van der Waals surface area contributed by atoms with Crippen LogP contribution in [0.2, 0.25) is 0 Å². The van der Waals surface area contributed by atoms with Crippen LogP contribution in [0.15, 0.2) is 6.20 Å². The molecule has 0 saturated heterocycles. The van der Waals surface area contributed by atoms with E-state index in [1.807, 2.05) is 0 Å². The Labute approximate surface area is 103 Å². The number of nitrogen functional groups attached to an aromatic ring is 1. The topological polar surface area (TPSA) is 51.8 Å². The molecule has 9 heavy (non-hydrogen) atoms. The fourth-order valence-electron chi connectivity index (χ4n) is 0.366. The summed E-state index contributed by atoms with van der Waals surface area (Å²) in [6.45, 7) is 1.79. The van der Waals surface area contributed by atoms with Gasteiger partial charge in [-0.25, -0.2) is 0 Å². The molecule has 0 unspecified atom stereocenters. The third kappa shape index (κ3) is 3.40. The van der Waals surface area contributed by atoms with Gasteiger partial charge in [0.15, 0.2) is 0 Å². The van der Waals surface area contributed by atoms with Crippen LogP contribution in [0.5, 0.6) is 0 Å². The molecule has 42 valence electrons. The first-order valence-corrected chi connectivity index (χ1v) is 2.26. The summed E-state index contributed by atoms with van der Waals surface area (Å²) in [5.74, 6) is 0.694. The third-order valence-electron chi connectivity index (χ3n) is 0.737. The van der Waals surface area contributed by atoms with Gasteiger partial charge in [-0.2, -0.15) is 0 Å². The summed E-state index contributed by atoms with van der Waals surface area (Å²) < 4.78 is 0. The van der Waals surface area contributed by atoms with E-state index in [0.717, 1.165) is 0 Å². The quantitative estimate of drug-likeness (QED) is 0.452. The predicted octanol–water partition coefficient (Wildman–Crippen LogP) is -2.83. The minimum Gasteiger partial charge on any atom is -0.417 e. The zero-order valence-corrected chi connectivity index (χ0v) is 10.5. The number of nitrogens with two attached hydrogens (primary N) is 1. The minimum atomic E-state index is 0. The largest absolute Gasteiger partial charge is 1.00 e. The van der Waals surface area contributed by atoms with Gasteiger partial charge in [-0.3, -0.25) is 0 Å². The molecule has 0 aliphatic heterocycles. The first-order valence-electron chi connectivity index (χ1n) is 2.26. The van der Waals surface area contributed by atoms with Crippen molar-refractivity contribution in [1.82, 2.24) is 9.97 Å². The van der Waals surface area contributed by atoms with Crippen LogP contribution in [-0.4, -0.2) is 9.97 Å². The van der Waals surface area contributed by atoms with E-state index in [0.29, 0.717) is 11.5 Å². The van der Waals surface area contributed by atoms with Gasteiger partial charge in [0, 0.05) is 5.82 Å². The van der Waals surface area contributed by atoms with E-state index >= 15 is 0 Å². The predicted molar refractivity (Wildman–Crippen MR) is 30.0 cm³/mol. The van der Waals surface area contributed by atoms with Crippen molar-refractivity contribution in [2.75, 3.05) is 5.73 Å². The Morgan fingerprint density at radius 3 is 2.67 bits per heavy atom. The molecule has 0 saturated carbocycles. The summed E-state index contributed by atoms with van der Waals surface area (Å²) >= 11 is 0. The Morgan fingerprint density at radius 1 is 1.67 bits per heavy atom. The summed E-state index contributed by atoms with van der Waals surface area (Å²) in [7, 11) is 0. The first kappa shape index (κ1) is 9.69. The second-order valence-electron chi connectivity index (χ2n) is 1.48. The number of aryl methyl sites for hydroxylation is 1. The molecule has 2 N–H and O–H groups in total. The molecular formula is C5H6N3Rb. The molecule has 0 atom stereocenters. The molecule has 0 radical (unpaired) electrons. The summed E-state index contributed by atoms with van der Waals surface area (Å²) in [4.78, 5) is 7.53. The van der Waals surface area contributed by atoms with Gasteiger partial charge in [0.2, 0.25) is 0 Å². The van der Waals surface area contributed by atoms with Gasteiger partial charge in [0.05, 0.1) is 0 Å². The van der Waals surface area contributed by atoms with Gasteiger partial charge in [-0.1, -0.05) is 19.3 Å². The maximum absolute atomic E-state index is 5.25. The number of rotatable bonds is 0. The molecule has 1 aromatic rings. The first-order chi connectivity index (χ1) is 3.79. The van der Waals surface area contributed by atoms with Crippen LogP contribution in [0.4, 0.5) is 5.69 Å². The van der Waals surface area contributed by atoms with Crippen LogP contribution in [0.25, 0.3) is 0 Å². The Balaban J connectivity index is 0.000000640. The summed E-state index contributed by atoms with van der Waals surface area (Å²) in [5, 5.41) is 0. The number of anilines is 1. The van der Waals surface area contributed by atoms with Gasteiger partial charge in [0.25, 0.3) is 0 Å². The number of aromatic nitrogens is 2. The number of hydrogen-bond donors (Lipinski definition) is 1. The van der Waals surface area contributed by atoms with Crippen LogP contribution in [0.1, 0.15) is 5.82 Å². The standard InChI is InChI=1S/C5H6N3.Rb/c1-4-7-2-5(6)3-8-4;/h2H,6H2,1H3;/q-1;+1. The Morgan fingerprint density at radius 2 is 2.33 bits per heavy atom. The van der Waals surface area contributed by atoms with Crippen molar-refractivity contribution < 1.29 is 58.2 Å². The van der Waals surface area contributed by atoms with E-state index in [1.54, 1.807) is 6.92 Å². The molecule has 0 aliphatic rings. The third-order valence-corrected chi connectivity index (χ3v) is 0.737. The fraction of sp³-hybridized carbons (Fsp3) is 0.200. The van der Waals surface area contributed by atoms with Crippen LogP contribution in [0, 0.1) is 13.1 Å². The Hall–Kier alpha value is 0.685. The van der Waals surface area contributed by atoms with Gasteiger partial charge in [-0.15, -0.1) is 0 Å². The number of nitrogens with zero attached hydrogens (tertiary/aromatic N) is 2. The second kappa shape index (κ2) is 4.49. The normalized spacial score (nSPS) is 8.11. The van der Waals surface area contributed by atoms with Crippen molar-refractivity contribution in [3.63, 3.8) is 0 Å². The van der Waals surface area contributed by atoms with E-state index < -0.39 is 0 Å². The minimum absolute atomic E-state index is 0. The average Bonchev–Trinajstić information content (AvgIpc) is 1.77. The molecule has 0 aliphatic carbocycles. The zero-order chi connectivity index (χ0) is 5.98. The maximum Gasteiger partial charge on any atom is 1.00 e. The Bertz CT molecular complexity index is 151. The molecule has 0 bridgehead atoms. The molecular weight excluding hydrogens is 188 g/mol. The van der Waals surface area contributed by atoms with Crippen LogP contribution in [0.3, 0.4) is 0 Å². The van der Waals surface area contributed by atoms with E-state index in [1.165, 1.54) is 6.20 Å². The van der Waals surface area contributed by atoms with Gasteiger partial charge >= 0.3 is 58.2 Å². The summed E-state index contributed by atoms with van der Waals surface area (Å²) in [6, 6.07) is 0. The maximum atomic E-state index is 5.25. The van der Waals surface area contributed by atoms with Crippen molar-refractivity contribution in [3.8, 4) is 0 Å². The Kier molecular flexibility index (Phi) is 4.83. The molecule has 4 heteroatoms. The van der Waals surface area contributed by atoms with Crippen molar-refractivity contribution in [3.05, 3.63) is 18.2 Å². The van der Waals surface area contributed by atoms with Crippen molar-refractivity contribution in [2.24, 2.45) is 0 Å². The van der Waals surface area contributed by atoms with E-state index in [9.17, 15) is 0 Å². The van der Waals surface area contributed by atoms with E-state index in [2.05, 4.69) is 16.2 Å². The van der Waals surface area contributed by atoms with Crippen LogP contribution < -0.4 is 63.9 Å². The zero-order valence-electron chi connectivity index (χ0n) is 5.55. The van der Waals surface area contributed by atoms with Gasteiger partial charge < -0.3 is 15.7 Å². The molecule has 0 fully saturated rings. The van der Waals surface area contributed by atoms with Gasteiger partial charge in [-0.05, 0) is 5.69 Å². The van der Waals surface area contributed by atoms with Crippen LogP contribution in [-0.2, 0) is 0 Å². The summed E-state index contributed by atoms with van der Waals surface area (Å²) in [6.07, 6.45) is 4.09. The van der Waals surface area contributed by atoms with Crippen molar-refractivity contribution in [1.29, 1.82) is 0 Å². The fourth-order valence-corrected chi connectivity index (χ4v) is 0.366. The number of hydrogen-bond acceptors (Lipinski definition) is 3. The molecule has 0 spiro atoms. The SMILES string of the molecule is Cc1n[c-]c(N)cn1.[Rb+]. The van der Waals surface area contributed by atoms with Gasteiger partial charge in [0.1, 0.15) is 0 Å². The molecule has 0 aromatic carbocycles. The smallest absolute Gasteiger partial charge is 0.417 e. The monoisotopic (exact) mass is 193 g/mol. The van der Waals surface area contributed by atoms with E-state index in [-0.39, 0.29) is 58.2 Å². The van der Waals surface area contributed by atoms with Crippen LogP contribution >= 0.6 is 0 Å². The molecule has 0 amide bonds. The molecule has 3 nitrogen and oxygen atoms in total. The second-order valence-corrected chi connectivity index (χ2v) is 1.48. The molecule has 1 rings (SSSR count).